The van der Waals surface area contributed by atoms with E-state index in [4.69, 9.17) is 16.3 Å². The number of fused-ring (bicyclic) bond motifs is 1. The lowest BCUT2D eigenvalue weighted by Gasteiger charge is -2.49. The summed E-state index contributed by atoms with van der Waals surface area (Å²) >= 11 is 9.34. The van der Waals surface area contributed by atoms with Gasteiger partial charge < -0.3 is 10.1 Å². The number of ether oxygens (including phenoxy) is 1. The number of hydrogen-bond acceptors (Lipinski definition) is 6. The molecule has 1 unspecified atom stereocenters. The van der Waals surface area contributed by atoms with Crippen molar-refractivity contribution < 1.29 is 19.1 Å². The summed E-state index contributed by atoms with van der Waals surface area (Å²) in [6.45, 7) is 0. The van der Waals surface area contributed by atoms with Crippen LogP contribution in [0.15, 0.2) is 88.9 Å². The largest absolute Gasteiger partial charge is 0.448 e. The molecule has 0 aliphatic carbocycles. The summed E-state index contributed by atoms with van der Waals surface area (Å²) in [5, 5.41) is 4.56. The first kappa shape index (κ1) is 23.7. The third kappa shape index (κ3) is 4.87. The second kappa shape index (κ2) is 10.3. The molecule has 2 aromatic carbocycles. The Hall–Kier alpha value is -3.07. The summed E-state index contributed by atoms with van der Waals surface area (Å²) in [4.78, 5) is 41.1. The highest BCUT2D eigenvalue weighted by Crippen LogP contribution is 2.42. The molecule has 3 aromatic rings. The normalized spacial score (nSPS) is 19.3. The summed E-state index contributed by atoms with van der Waals surface area (Å²) in [6, 6.07) is 21.9. The average molecular weight is 525 g/mol. The Morgan fingerprint density at radius 2 is 1.69 bits per heavy atom. The van der Waals surface area contributed by atoms with Crippen LogP contribution in [0.1, 0.15) is 22.1 Å². The lowest BCUT2D eigenvalue weighted by Crippen LogP contribution is -2.70. The van der Waals surface area contributed by atoms with Gasteiger partial charge in [-0.2, -0.15) is 0 Å². The van der Waals surface area contributed by atoms with Gasteiger partial charge in [0.25, 0.3) is 5.91 Å². The van der Waals surface area contributed by atoms with Gasteiger partial charge in [0.1, 0.15) is 17.1 Å². The fourth-order valence-corrected chi connectivity index (χ4v) is 6.36. The minimum atomic E-state index is -0.709. The van der Waals surface area contributed by atoms with Gasteiger partial charge in [-0.3, -0.25) is 14.5 Å². The van der Waals surface area contributed by atoms with Crippen molar-refractivity contribution in [2.75, 3.05) is 5.75 Å². The second-order valence-corrected chi connectivity index (χ2v) is 10.7. The van der Waals surface area contributed by atoms with Crippen LogP contribution in [-0.4, -0.2) is 39.9 Å². The van der Waals surface area contributed by atoms with Crippen LogP contribution < -0.4 is 5.32 Å². The lowest BCUT2D eigenvalue weighted by atomic mass is 10.0. The highest BCUT2D eigenvalue weighted by Gasteiger charge is 2.54. The molecule has 5 rings (SSSR count). The average Bonchev–Trinajstić information content (AvgIpc) is 3.39. The maximum Gasteiger partial charge on any atom is 0.357 e. The SMILES string of the molecule is O=C(Cc1cccs1)NC1C(=O)N2C(C(=O)OC(c3ccccc3)c3ccccc3)=C(Cl)CS[C@@H]12. The Kier molecular flexibility index (Phi) is 6.95. The van der Waals surface area contributed by atoms with E-state index >= 15 is 0 Å². The van der Waals surface area contributed by atoms with E-state index in [-0.39, 0.29) is 29.0 Å². The topological polar surface area (TPSA) is 75.7 Å². The molecule has 1 saturated heterocycles. The number of nitrogens with one attached hydrogen (secondary N) is 1. The summed E-state index contributed by atoms with van der Waals surface area (Å²) in [7, 11) is 0. The standard InChI is InChI=1S/C26H21ClN2O4S2/c27-19-15-35-25-21(28-20(30)14-18-12-7-13-34-18)24(31)29(25)22(19)26(32)33-23(16-8-3-1-4-9-16)17-10-5-2-6-11-17/h1-13,21,23,25H,14-15H2,(H,28,30)/t21?,25-/m0/s1. The number of thiophene rings is 1. The van der Waals surface area contributed by atoms with Gasteiger partial charge in [0.05, 0.1) is 11.5 Å². The predicted molar refractivity (Wildman–Crippen MR) is 137 cm³/mol. The fourth-order valence-electron chi connectivity index (χ4n) is 4.12. The third-order valence-electron chi connectivity index (χ3n) is 5.78. The Morgan fingerprint density at radius 1 is 1.03 bits per heavy atom. The van der Waals surface area contributed by atoms with Gasteiger partial charge in [-0.05, 0) is 22.6 Å². The van der Waals surface area contributed by atoms with Crippen molar-refractivity contribution in [1.82, 2.24) is 10.2 Å². The number of amides is 2. The molecule has 2 aliphatic heterocycles. The summed E-state index contributed by atoms with van der Waals surface area (Å²) < 4.78 is 5.95. The van der Waals surface area contributed by atoms with Crippen LogP contribution in [0.3, 0.4) is 0 Å². The van der Waals surface area contributed by atoms with E-state index in [0.717, 1.165) is 16.0 Å². The second-order valence-electron chi connectivity index (χ2n) is 8.07. The van der Waals surface area contributed by atoms with Crippen molar-refractivity contribution in [3.8, 4) is 0 Å². The molecular formula is C26H21ClN2O4S2. The number of esters is 1. The van der Waals surface area contributed by atoms with Gasteiger partial charge in [-0.25, -0.2) is 4.79 Å². The maximum absolute atomic E-state index is 13.4. The van der Waals surface area contributed by atoms with E-state index < -0.39 is 23.5 Å². The number of halogens is 1. The number of hydrogen-bond donors (Lipinski definition) is 1. The van der Waals surface area contributed by atoms with E-state index in [2.05, 4.69) is 5.32 Å². The van der Waals surface area contributed by atoms with Crippen molar-refractivity contribution in [3.63, 3.8) is 0 Å². The van der Waals surface area contributed by atoms with Crippen LogP contribution in [0.4, 0.5) is 0 Å². The number of benzene rings is 2. The minimum Gasteiger partial charge on any atom is -0.448 e. The van der Waals surface area contributed by atoms with Gasteiger partial charge in [-0.15, -0.1) is 23.1 Å². The van der Waals surface area contributed by atoms with Gasteiger partial charge in [0.15, 0.2) is 6.10 Å². The molecule has 35 heavy (non-hydrogen) atoms. The van der Waals surface area contributed by atoms with Gasteiger partial charge in [0, 0.05) is 10.6 Å². The number of rotatable bonds is 7. The van der Waals surface area contributed by atoms with Crippen LogP contribution in [0.5, 0.6) is 0 Å². The molecule has 178 valence electrons. The molecule has 0 bridgehead atoms. The molecule has 1 aromatic heterocycles. The molecule has 0 saturated carbocycles. The first-order valence-corrected chi connectivity index (χ1v) is 13.3. The van der Waals surface area contributed by atoms with Crippen molar-refractivity contribution >= 4 is 52.5 Å². The molecule has 3 heterocycles. The molecule has 1 fully saturated rings. The van der Waals surface area contributed by atoms with Crippen LogP contribution >= 0.6 is 34.7 Å². The van der Waals surface area contributed by atoms with Crippen molar-refractivity contribution in [2.45, 2.75) is 23.9 Å². The number of thioether (sulfide) groups is 1. The zero-order chi connectivity index (χ0) is 24.4. The Morgan fingerprint density at radius 3 is 2.29 bits per heavy atom. The lowest BCUT2D eigenvalue weighted by molar-refractivity contribution is -0.154. The summed E-state index contributed by atoms with van der Waals surface area (Å²) in [5.74, 6) is -0.930. The highest BCUT2D eigenvalue weighted by molar-refractivity contribution is 8.00. The fraction of sp³-hybridized carbons (Fsp3) is 0.192. The van der Waals surface area contributed by atoms with E-state index in [1.54, 1.807) is 0 Å². The third-order valence-corrected chi connectivity index (χ3v) is 8.40. The summed E-state index contributed by atoms with van der Waals surface area (Å²) in [5.41, 5.74) is 1.65. The molecule has 0 radical (unpaired) electrons. The van der Waals surface area contributed by atoms with Gasteiger partial charge in [0.2, 0.25) is 5.91 Å². The first-order chi connectivity index (χ1) is 17.0. The van der Waals surface area contributed by atoms with E-state index in [0.29, 0.717) is 5.75 Å². The predicted octanol–water partition coefficient (Wildman–Crippen LogP) is 4.47. The Labute approximate surface area is 215 Å². The number of β-lactam (4-membered cyclic amide) rings is 1. The Bertz CT molecular complexity index is 1230. The molecule has 0 spiro atoms. The van der Waals surface area contributed by atoms with Crippen molar-refractivity contribution in [3.05, 3.63) is 105 Å². The summed E-state index contributed by atoms with van der Waals surface area (Å²) in [6.07, 6.45) is -0.451. The smallest absolute Gasteiger partial charge is 0.357 e. The van der Waals surface area contributed by atoms with Crippen LogP contribution in [0, 0.1) is 0 Å². The van der Waals surface area contributed by atoms with Crippen LogP contribution in [0.2, 0.25) is 0 Å². The van der Waals surface area contributed by atoms with Gasteiger partial charge in [-0.1, -0.05) is 78.3 Å². The highest BCUT2D eigenvalue weighted by atomic mass is 35.5. The maximum atomic E-state index is 13.4. The molecule has 1 N–H and O–H groups in total. The van der Waals surface area contributed by atoms with Gasteiger partial charge >= 0.3 is 5.97 Å². The first-order valence-electron chi connectivity index (χ1n) is 11.0. The molecule has 2 amide bonds. The van der Waals surface area contributed by atoms with Crippen molar-refractivity contribution in [1.29, 1.82) is 0 Å². The van der Waals surface area contributed by atoms with Crippen LogP contribution in [0.25, 0.3) is 0 Å². The number of carbonyl (C=O) groups excluding carboxylic acids is 3. The number of nitrogens with zero attached hydrogens (tertiary/aromatic N) is 1. The zero-order valence-electron chi connectivity index (χ0n) is 18.4. The minimum absolute atomic E-state index is 0.0426. The molecule has 2 atom stereocenters. The van der Waals surface area contributed by atoms with Crippen LogP contribution in [-0.2, 0) is 25.5 Å². The van der Waals surface area contributed by atoms with E-state index in [1.807, 2.05) is 78.2 Å². The molecule has 2 aliphatic rings. The number of carbonyl (C=O) groups is 3. The Balaban J connectivity index is 1.33. The monoisotopic (exact) mass is 524 g/mol. The zero-order valence-corrected chi connectivity index (χ0v) is 20.8. The van der Waals surface area contributed by atoms with Crippen molar-refractivity contribution in [2.24, 2.45) is 0 Å². The molecule has 9 heteroatoms. The van der Waals surface area contributed by atoms with E-state index in [1.165, 1.54) is 28.0 Å². The van der Waals surface area contributed by atoms with E-state index in [9.17, 15) is 14.4 Å². The molecular weight excluding hydrogens is 504 g/mol. The molecule has 6 nitrogen and oxygen atoms in total. The quantitative estimate of drug-likeness (QED) is 0.364.